The van der Waals surface area contributed by atoms with E-state index < -0.39 is 0 Å². The molecule has 2 aromatic rings. The first-order valence-corrected chi connectivity index (χ1v) is 6.58. The average molecular weight is 276 g/mol. The van der Waals surface area contributed by atoms with Crippen LogP contribution in [0.5, 0.6) is 0 Å². The minimum Gasteiger partial charge on any atom is -0.381 e. The highest BCUT2D eigenvalue weighted by Crippen LogP contribution is 2.24. The number of ether oxygens (including phenoxy) is 1. The Balaban J connectivity index is 1.57. The number of aromatic amines is 2. The highest BCUT2D eigenvalue weighted by molar-refractivity contribution is 5.36. The van der Waals surface area contributed by atoms with Gasteiger partial charge in [0.2, 0.25) is 0 Å². The zero-order chi connectivity index (χ0) is 13.8. The van der Waals surface area contributed by atoms with E-state index >= 15 is 0 Å². The van der Waals surface area contributed by atoms with Crippen molar-refractivity contribution in [3.05, 3.63) is 34.4 Å². The Bertz CT molecular complexity index is 616. The Morgan fingerprint density at radius 1 is 1.45 bits per heavy atom. The lowest BCUT2D eigenvalue weighted by atomic mass is 10.1. The van der Waals surface area contributed by atoms with Crippen LogP contribution in [0.2, 0.25) is 0 Å². The lowest BCUT2D eigenvalue weighted by Gasteiger charge is -2.09. The van der Waals surface area contributed by atoms with Gasteiger partial charge in [-0.05, 0) is 6.42 Å². The molecule has 20 heavy (non-hydrogen) atoms. The number of nitrogens with zero attached hydrogens (tertiary/aromatic N) is 3. The molecule has 8 nitrogen and oxygen atoms in total. The normalized spacial score (nSPS) is 18.3. The molecule has 0 aromatic carbocycles. The number of rotatable bonds is 5. The summed E-state index contributed by atoms with van der Waals surface area (Å²) in [5.74, 6) is 1.77. The summed E-state index contributed by atoms with van der Waals surface area (Å²) < 4.78 is 5.37. The molecule has 1 fully saturated rings. The zero-order valence-electron chi connectivity index (χ0n) is 10.9. The summed E-state index contributed by atoms with van der Waals surface area (Å²) in [5.41, 5.74) is 0.721. The molecule has 1 aliphatic heterocycles. The van der Waals surface area contributed by atoms with Crippen molar-refractivity contribution in [3.8, 4) is 0 Å². The number of hydrogen-bond acceptors (Lipinski definition) is 6. The van der Waals surface area contributed by atoms with Gasteiger partial charge in [0.15, 0.2) is 0 Å². The largest absolute Gasteiger partial charge is 0.381 e. The molecule has 0 spiro atoms. The smallest absolute Gasteiger partial charge is 0.340 e. The Hall–Kier alpha value is -2.22. The molecule has 0 amide bonds. The van der Waals surface area contributed by atoms with Crippen LogP contribution in [-0.4, -0.2) is 44.9 Å². The molecule has 3 N–H and O–H groups in total. The number of H-pyrrole nitrogens is 2. The number of nitrogens with one attached hydrogen (secondary N) is 3. The number of hydrogen-bond donors (Lipinski definition) is 3. The first kappa shape index (κ1) is 12.8. The summed E-state index contributed by atoms with van der Waals surface area (Å²) in [6, 6.07) is 1.95. The van der Waals surface area contributed by atoms with Crippen LogP contribution >= 0.6 is 0 Å². The molecule has 1 unspecified atom stereocenters. The molecule has 3 heterocycles. The molecular weight excluding hydrogens is 260 g/mol. The molecule has 1 aliphatic rings. The minimum absolute atomic E-state index is 0.287. The summed E-state index contributed by atoms with van der Waals surface area (Å²) in [6.45, 7) is 2.16. The molecule has 0 bridgehead atoms. The first-order valence-electron chi connectivity index (χ1n) is 6.58. The molecule has 1 atom stereocenters. The predicted molar refractivity (Wildman–Crippen MR) is 71.6 cm³/mol. The van der Waals surface area contributed by atoms with Crippen LogP contribution in [0, 0.1) is 0 Å². The maximum absolute atomic E-state index is 10.9. The summed E-state index contributed by atoms with van der Waals surface area (Å²) in [7, 11) is 0. The van der Waals surface area contributed by atoms with Gasteiger partial charge in [-0.1, -0.05) is 0 Å². The van der Waals surface area contributed by atoms with Gasteiger partial charge in [0.05, 0.1) is 12.3 Å². The average Bonchev–Trinajstić information content (AvgIpc) is 3.11. The minimum atomic E-state index is -0.287. The third-order valence-corrected chi connectivity index (χ3v) is 3.25. The summed E-state index contributed by atoms with van der Waals surface area (Å²) in [5, 5.41) is 9.38. The third kappa shape index (κ3) is 3.02. The molecule has 0 saturated carbocycles. The van der Waals surface area contributed by atoms with E-state index in [4.69, 9.17) is 4.74 Å². The number of anilines is 1. The van der Waals surface area contributed by atoms with Crippen LogP contribution in [0.25, 0.3) is 0 Å². The van der Waals surface area contributed by atoms with E-state index in [1.165, 1.54) is 0 Å². The summed E-state index contributed by atoms with van der Waals surface area (Å²) in [4.78, 5) is 22.0. The molecule has 0 radical (unpaired) electrons. The maximum Gasteiger partial charge on any atom is 0.340 e. The molecule has 3 rings (SSSR count). The molecule has 0 aliphatic carbocycles. The van der Waals surface area contributed by atoms with Gasteiger partial charge in [0.1, 0.15) is 18.0 Å². The van der Waals surface area contributed by atoms with Gasteiger partial charge in [-0.2, -0.15) is 5.10 Å². The van der Waals surface area contributed by atoms with E-state index in [2.05, 4.69) is 30.5 Å². The molecule has 1 saturated heterocycles. The van der Waals surface area contributed by atoms with Gasteiger partial charge in [0.25, 0.3) is 0 Å². The standard InChI is InChI=1S/C12H16N6O2/c19-12-16-10(17-18-12)1-3-13-11-5-9(14-7-15-11)8-2-4-20-6-8/h5,7-8H,1-4,6H2,(H,13,14,15)(H2,16,17,18,19). The Labute approximate surface area is 115 Å². The second-order valence-corrected chi connectivity index (χ2v) is 4.69. The van der Waals surface area contributed by atoms with E-state index in [1.807, 2.05) is 6.07 Å². The number of aromatic nitrogens is 5. The van der Waals surface area contributed by atoms with Gasteiger partial charge in [-0.25, -0.2) is 19.9 Å². The van der Waals surface area contributed by atoms with Gasteiger partial charge in [-0.15, -0.1) is 0 Å². The molecule has 106 valence electrons. The second kappa shape index (κ2) is 5.83. The van der Waals surface area contributed by atoms with Crippen LogP contribution in [0.15, 0.2) is 17.2 Å². The van der Waals surface area contributed by atoms with E-state index in [9.17, 15) is 4.79 Å². The van der Waals surface area contributed by atoms with Crippen LogP contribution in [0.1, 0.15) is 23.9 Å². The van der Waals surface area contributed by atoms with Crippen molar-refractivity contribution in [2.75, 3.05) is 25.1 Å². The third-order valence-electron chi connectivity index (χ3n) is 3.25. The second-order valence-electron chi connectivity index (χ2n) is 4.69. The maximum atomic E-state index is 10.9. The van der Waals surface area contributed by atoms with E-state index in [1.54, 1.807) is 6.33 Å². The fraction of sp³-hybridized carbons (Fsp3) is 0.500. The lowest BCUT2D eigenvalue weighted by molar-refractivity contribution is 0.193. The van der Waals surface area contributed by atoms with Crippen molar-refractivity contribution >= 4 is 5.82 Å². The predicted octanol–water partition coefficient (Wildman–Crippen LogP) is 0.0465. The van der Waals surface area contributed by atoms with E-state index in [0.717, 1.165) is 31.1 Å². The van der Waals surface area contributed by atoms with Gasteiger partial charge in [0, 0.05) is 31.6 Å². The van der Waals surface area contributed by atoms with Crippen LogP contribution in [-0.2, 0) is 11.2 Å². The SMILES string of the molecule is O=c1[nH]nc(CCNc2cc(C3CCOC3)ncn2)[nH]1. The van der Waals surface area contributed by atoms with Crippen molar-refractivity contribution in [2.24, 2.45) is 0 Å². The highest BCUT2D eigenvalue weighted by atomic mass is 16.5. The summed E-state index contributed by atoms with van der Waals surface area (Å²) in [6.07, 6.45) is 3.18. The Morgan fingerprint density at radius 3 is 3.15 bits per heavy atom. The monoisotopic (exact) mass is 276 g/mol. The molecule has 8 heteroatoms. The van der Waals surface area contributed by atoms with E-state index in [-0.39, 0.29) is 5.69 Å². The van der Waals surface area contributed by atoms with Crippen molar-refractivity contribution in [3.63, 3.8) is 0 Å². The molecular formula is C12H16N6O2. The van der Waals surface area contributed by atoms with Gasteiger partial charge in [-0.3, -0.25) is 4.98 Å². The lowest BCUT2D eigenvalue weighted by Crippen LogP contribution is -2.10. The van der Waals surface area contributed by atoms with E-state index in [0.29, 0.717) is 24.7 Å². The van der Waals surface area contributed by atoms with Crippen molar-refractivity contribution in [2.45, 2.75) is 18.8 Å². The van der Waals surface area contributed by atoms with Crippen molar-refractivity contribution in [1.82, 2.24) is 25.1 Å². The molecule has 2 aromatic heterocycles. The fourth-order valence-electron chi connectivity index (χ4n) is 2.19. The zero-order valence-corrected chi connectivity index (χ0v) is 10.9. The van der Waals surface area contributed by atoms with Crippen LogP contribution < -0.4 is 11.0 Å². The topological polar surface area (TPSA) is 109 Å². The van der Waals surface area contributed by atoms with Gasteiger partial charge < -0.3 is 10.1 Å². The highest BCUT2D eigenvalue weighted by Gasteiger charge is 2.19. The summed E-state index contributed by atoms with van der Waals surface area (Å²) >= 11 is 0. The Kier molecular flexibility index (Phi) is 3.73. The van der Waals surface area contributed by atoms with Crippen molar-refractivity contribution < 1.29 is 4.74 Å². The van der Waals surface area contributed by atoms with Crippen LogP contribution in [0.4, 0.5) is 5.82 Å². The quantitative estimate of drug-likeness (QED) is 0.712. The van der Waals surface area contributed by atoms with Gasteiger partial charge >= 0.3 is 5.69 Å². The fourth-order valence-corrected chi connectivity index (χ4v) is 2.19. The first-order chi connectivity index (χ1) is 9.81. The Morgan fingerprint density at radius 2 is 2.40 bits per heavy atom. The van der Waals surface area contributed by atoms with Crippen LogP contribution in [0.3, 0.4) is 0 Å². The van der Waals surface area contributed by atoms with Crippen molar-refractivity contribution in [1.29, 1.82) is 0 Å².